The van der Waals surface area contributed by atoms with E-state index in [1.165, 1.54) is 44.5 Å². The molecule has 216 valence electrons. The molecule has 0 N–H and O–H groups in total. The number of hydrogen-bond acceptors (Lipinski definition) is 0. The summed E-state index contributed by atoms with van der Waals surface area (Å²) in [6.07, 6.45) is 0. The molecule has 0 fully saturated rings. The molecule has 1 aliphatic rings. The first kappa shape index (κ1) is 30.1. The third-order valence-corrected chi connectivity index (χ3v) is 16.0. The Kier molecular flexibility index (Phi) is 7.93. The second-order valence-electron chi connectivity index (χ2n) is 14.5. The lowest BCUT2D eigenvalue weighted by Gasteiger charge is -2.58. The fourth-order valence-corrected chi connectivity index (χ4v) is 17.7. The van der Waals surface area contributed by atoms with Crippen LogP contribution in [0.25, 0.3) is 22.3 Å². The summed E-state index contributed by atoms with van der Waals surface area (Å²) in [5.74, 6) is 0. The van der Waals surface area contributed by atoms with Crippen molar-refractivity contribution >= 4 is 34.5 Å². The number of allylic oxidation sites excluding steroid dienone is 4. The van der Waals surface area contributed by atoms with Crippen LogP contribution in [-0.4, -0.2) is 20.8 Å². The predicted octanol–water partition coefficient (Wildman–Crippen LogP) is 11.8. The van der Waals surface area contributed by atoms with E-state index in [0.717, 1.165) is 0 Å². The lowest BCUT2D eigenvalue weighted by Crippen LogP contribution is -2.42. The molecular weight excluding hydrogens is 523 g/mol. The van der Waals surface area contributed by atoms with E-state index >= 15 is 0 Å². The van der Waals surface area contributed by atoms with Crippen molar-refractivity contribution in [2.75, 3.05) is 0 Å². The molecule has 0 spiro atoms. The SMILES string of the molecule is CC(C)(C)P(=C1C(c2ccccc2)=C(c2ccccc2)C(c2ccccc2)=C1c1ccccc1)(C(C)(C)C)C(C)(C)C. The highest BCUT2D eigenvalue weighted by molar-refractivity contribution is 7.82. The second-order valence-corrected chi connectivity index (χ2v) is 20.3. The Morgan fingerprint density at radius 3 is 0.738 bits per heavy atom. The van der Waals surface area contributed by atoms with Gasteiger partial charge in [0.2, 0.25) is 0 Å². The van der Waals surface area contributed by atoms with E-state index in [2.05, 4.69) is 184 Å². The molecule has 0 radical (unpaired) electrons. The summed E-state index contributed by atoms with van der Waals surface area (Å²) in [7, 11) is 0. The van der Waals surface area contributed by atoms with Crippen molar-refractivity contribution in [2.45, 2.75) is 77.8 Å². The van der Waals surface area contributed by atoms with Crippen LogP contribution >= 0.6 is 6.89 Å². The zero-order valence-electron chi connectivity index (χ0n) is 27.0. The average molecular weight is 571 g/mol. The Hall–Kier alpha value is -3.34. The van der Waals surface area contributed by atoms with Crippen molar-refractivity contribution < 1.29 is 0 Å². The van der Waals surface area contributed by atoms with Gasteiger partial charge >= 0.3 is 0 Å². The van der Waals surface area contributed by atoms with Gasteiger partial charge in [-0.15, -0.1) is 0 Å². The van der Waals surface area contributed by atoms with Crippen LogP contribution in [0.4, 0.5) is 0 Å². The minimum Gasteiger partial charge on any atom is -0.0808 e. The minimum absolute atomic E-state index is 0.0346. The molecule has 0 nitrogen and oxygen atoms in total. The van der Waals surface area contributed by atoms with Gasteiger partial charge in [-0.2, -0.15) is 0 Å². The van der Waals surface area contributed by atoms with Crippen LogP contribution in [0.3, 0.4) is 0 Å². The molecule has 1 aliphatic carbocycles. The molecule has 1 heteroatoms. The number of hydrogen-bond donors (Lipinski definition) is 0. The Morgan fingerprint density at radius 1 is 0.310 bits per heavy atom. The Morgan fingerprint density at radius 2 is 0.524 bits per heavy atom. The summed E-state index contributed by atoms with van der Waals surface area (Å²) in [6, 6.07) is 44.7. The number of benzene rings is 4. The molecule has 0 heterocycles. The number of rotatable bonds is 4. The largest absolute Gasteiger partial charge is 0.0808 e. The maximum absolute atomic E-state index is 2.51. The third kappa shape index (κ3) is 4.89. The van der Waals surface area contributed by atoms with Crippen molar-refractivity contribution in [2.24, 2.45) is 0 Å². The predicted molar refractivity (Wildman–Crippen MR) is 191 cm³/mol. The molecule has 42 heavy (non-hydrogen) atoms. The van der Waals surface area contributed by atoms with Crippen LogP contribution in [-0.2, 0) is 0 Å². The molecule has 0 aromatic heterocycles. The normalized spacial score (nSPS) is 15.0. The lowest BCUT2D eigenvalue weighted by molar-refractivity contribution is 0.638. The molecule has 4 aromatic carbocycles. The van der Waals surface area contributed by atoms with E-state index in [0.29, 0.717) is 0 Å². The Labute approximate surface area is 255 Å². The molecule has 0 amide bonds. The van der Waals surface area contributed by atoms with Gasteiger partial charge in [-0.25, -0.2) is 0 Å². The van der Waals surface area contributed by atoms with Gasteiger partial charge in [0.15, 0.2) is 0 Å². The first-order valence-corrected chi connectivity index (χ1v) is 17.1. The Bertz CT molecular complexity index is 1520. The molecule has 0 atom stereocenters. The van der Waals surface area contributed by atoms with E-state index in [-0.39, 0.29) is 15.5 Å². The molecule has 0 saturated carbocycles. The third-order valence-electron chi connectivity index (χ3n) is 8.83. The fourth-order valence-electron chi connectivity index (χ4n) is 8.53. The van der Waals surface area contributed by atoms with Gasteiger partial charge in [-0.1, -0.05) is 191 Å². The molecule has 4 aromatic rings. The van der Waals surface area contributed by atoms with Crippen molar-refractivity contribution in [1.82, 2.24) is 0 Å². The maximum atomic E-state index is 2.51. The summed E-state index contributed by atoms with van der Waals surface area (Å²) in [4.78, 5) is 0. The van der Waals surface area contributed by atoms with Gasteiger partial charge in [0.1, 0.15) is 0 Å². The fraction of sp³-hybridized carbons (Fsp3) is 0.293. The van der Waals surface area contributed by atoms with Crippen LogP contribution in [0.5, 0.6) is 0 Å². The van der Waals surface area contributed by atoms with Crippen LogP contribution < -0.4 is 0 Å². The van der Waals surface area contributed by atoms with E-state index < -0.39 is 6.89 Å². The highest BCUT2D eigenvalue weighted by atomic mass is 31.2. The van der Waals surface area contributed by atoms with Crippen LogP contribution in [0.15, 0.2) is 121 Å². The van der Waals surface area contributed by atoms with Gasteiger partial charge in [0, 0.05) is 0 Å². The van der Waals surface area contributed by atoms with E-state index in [9.17, 15) is 0 Å². The van der Waals surface area contributed by atoms with Crippen molar-refractivity contribution in [3.63, 3.8) is 0 Å². The molecular formula is C41H47P. The molecule has 0 saturated heterocycles. The quantitative estimate of drug-likeness (QED) is 0.214. The second kappa shape index (κ2) is 11.1. The molecule has 0 bridgehead atoms. The zero-order chi connectivity index (χ0) is 30.3. The van der Waals surface area contributed by atoms with Gasteiger partial charge in [-0.3, -0.25) is 0 Å². The first-order valence-electron chi connectivity index (χ1n) is 15.3. The summed E-state index contributed by atoms with van der Waals surface area (Å²) in [6.45, 7) is 20.6. The average Bonchev–Trinajstić information content (AvgIpc) is 3.28. The van der Waals surface area contributed by atoms with Crippen molar-refractivity contribution in [3.05, 3.63) is 144 Å². The van der Waals surface area contributed by atoms with Crippen molar-refractivity contribution in [3.8, 4) is 0 Å². The van der Waals surface area contributed by atoms with E-state index in [1.54, 1.807) is 5.29 Å². The van der Waals surface area contributed by atoms with Gasteiger partial charge in [-0.05, 0) is 65.3 Å². The monoisotopic (exact) mass is 570 g/mol. The standard InChI is InChI=1S/C41H47P/c1-39(2,3)42(40(4,5)6,41(7,8)9)38-36(32-26-18-12-19-27-32)34(30-22-14-10-15-23-30)35(31-24-16-11-17-25-31)37(38)33-28-20-13-21-29-33/h10-29H,1-9H3. The first-order chi connectivity index (χ1) is 19.8. The molecule has 0 unspecified atom stereocenters. The highest BCUT2D eigenvalue weighted by Gasteiger charge is 2.54. The van der Waals surface area contributed by atoms with Gasteiger partial charge in [0.25, 0.3) is 0 Å². The Balaban J connectivity index is 2.22. The highest BCUT2D eigenvalue weighted by Crippen LogP contribution is 2.79. The topological polar surface area (TPSA) is 0 Å². The van der Waals surface area contributed by atoms with Crippen molar-refractivity contribution in [1.29, 1.82) is 0 Å². The van der Waals surface area contributed by atoms with Gasteiger partial charge < -0.3 is 0 Å². The summed E-state index contributed by atoms with van der Waals surface area (Å²) in [5, 5.41) is 1.68. The summed E-state index contributed by atoms with van der Waals surface area (Å²) >= 11 is 0. The molecule has 0 aliphatic heterocycles. The smallest absolute Gasteiger partial charge is 0.00138 e. The lowest BCUT2D eigenvalue weighted by atomic mass is 9.89. The van der Waals surface area contributed by atoms with E-state index in [4.69, 9.17) is 0 Å². The van der Waals surface area contributed by atoms with Crippen LogP contribution in [0, 0.1) is 0 Å². The van der Waals surface area contributed by atoms with Crippen LogP contribution in [0.1, 0.15) is 84.6 Å². The minimum atomic E-state index is -2.05. The zero-order valence-corrected chi connectivity index (χ0v) is 27.9. The summed E-state index contributed by atoms with van der Waals surface area (Å²) in [5.41, 5.74) is 10.7. The van der Waals surface area contributed by atoms with Crippen LogP contribution in [0.2, 0.25) is 0 Å². The summed E-state index contributed by atoms with van der Waals surface area (Å²) < 4.78 is 0. The van der Waals surface area contributed by atoms with Gasteiger partial charge in [0.05, 0.1) is 0 Å². The maximum Gasteiger partial charge on any atom is -0.00138 e. The van der Waals surface area contributed by atoms with E-state index in [1.807, 2.05) is 0 Å². The molecule has 5 rings (SSSR count).